The van der Waals surface area contributed by atoms with Crippen molar-refractivity contribution in [2.45, 2.75) is 72.2 Å². The standard InChI is InChI=1S/C17H34O4Si/c1-9-20-16(19)11-15(14(3)10-13(2)12-18)21-22(7,8)17(4,5)6/h10,14-15,18H,9,11-12H2,1-8H3/b13-10-/t14-,15-/m1/s1. The van der Waals surface area contributed by atoms with Gasteiger partial charge in [0.05, 0.1) is 25.7 Å². The van der Waals surface area contributed by atoms with Crippen LogP contribution in [0.1, 0.15) is 48.0 Å². The van der Waals surface area contributed by atoms with Crippen LogP contribution in [0.4, 0.5) is 0 Å². The fourth-order valence-electron chi connectivity index (χ4n) is 1.88. The van der Waals surface area contributed by atoms with E-state index in [1.54, 1.807) is 6.92 Å². The lowest BCUT2D eigenvalue weighted by Gasteiger charge is -2.40. The molecule has 130 valence electrons. The number of rotatable bonds is 8. The van der Waals surface area contributed by atoms with Crippen molar-refractivity contribution in [1.29, 1.82) is 0 Å². The highest BCUT2D eigenvalue weighted by Gasteiger charge is 2.40. The zero-order valence-corrected chi connectivity index (χ0v) is 16.5. The molecule has 0 heterocycles. The smallest absolute Gasteiger partial charge is 0.308 e. The summed E-state index contributed by atoms with van der Waals surface area (Å²) in [4.78, 5) is 11.9. The van der Waals surface area contributed by atoms with Gasteiger partial charge >= 0.3 is 5.97 Å². The first-order valence-corrected chi connectivity index (χ1v) is 11.0. The summed E-state index contributed by atoms with van der Waals surface area (Å²) in [5, 5.41) is 9.28. The minimum absolute atomic E-state index is 0.0244. The molecule has 2 atom stereocenters. The SMILES string of the molecule is CCOC(=O)C[C@@H](O[Si](C)(C)C(C)(C)C)[C@H](C)/C=C(/C)CO. The van der Waals surface area contributed by atoms with Crippen LogP contribution < -0.4 is 0 Å². The van der Waals surface area contributed by atoms with E-state index >= 15 is 0 Å². The molecule has 0 aliphatic rings. The quantitative estimate of drug-likeness (QED) is 0.416. The first-order chi connectivity index (χ1) is 9.94. The van der Waals surface area contributed by atoms with Crippen LogP contribution in [0.15, 0.2) is 11.6 Å². The number of esters is 1. The lowest BCUT2D eigenvalue weighted by Crippen LogP contribution is -2.46. The highest BCUT2D eigenvalue weighted by atomic mass is 28.4. The van der Waals surface area contributed by atoms with Crippen LogP contribution >= 0.6 is 0 Å². The average Bonchev–Trinajstić information content (AvgIpc) is 2.36. The molecule has 0 aromatic heterocycles. The van der Waals surface area contributed by atoms with Gasteiger partial charge in [-0.25, -0.2) is 0 Å². The molecule has 0 aromatic carbocycles. The van der Waals surface area contributed by atoms with Crippen LogP contribution in [0.25, 0.3) is 0 Å². The van der Waals surface area contributed by atoms with Crippen molar-refractivity contribution in [1.82, 2.24) is 0 Å². The minimum Gasteiger partial charge on any atom is -0.466 e. The Balaban J connectivity index is 5.21. The molecular formula is C17H34O4Si. The van der Waals surface area contributed by atoms with Crippen molar-refractivity contribution in [3.8, 4) is 0 Å². The zero-order chi connectivity index (χ0) is 17.6. The second-order valence-electron chi connectivity index (χ2n) is 7.46. The van der Waals surface area contributed by atoms with Crippen LogP contribution in [-0.4, -0.2) is 38.7 Å². The van der Waals surface area contributed by atoms with E-state index in [9.17, 15) is 9.90 Å². The third-order valence-corrected chi connectivity index (χ3v) is 8.81. The minimum atomic E-state index is -1.98. The molecule has 0 bridgehead atoms. The van der Waals surface area contributed by atoms with Gasteiger partial charge in [0.2, 0.25) is 0 Å². The van der Waals surface area contributed by atoms with Crippen molar-refractivity contribution in [3.63, 3.8) is 0 Å². The molecule has 1 N–H and O–H groups in total. The normalized spacial score (nSPS) is 16.3. The Morgan fingerprint density at radius 2 is 1.86 bits per heavy atom. The second kappa shape index (κ2) is 8.84. The number of ether oxygens (including phenoxy) is 1. The summed E-state index contributed by atoms with van der Waals surface area (Å²) in [6.45, 7) is 17.0. The van der Waals surface area contributed by atoms with E-state index in [-0.39, 0.29) is 36.1 Å². The number of aliphatic hydroxyl groups excluding tert-OH is 1. The van der Waals surface area contributed by atoms with Crippen molar-refractivity contribution < 1.29 is 19.1 Å². The van der Waals surface area contributed by atoms with Gasteiger partial charge in [0, 0.05) is 0 Å². The van der Waals surface area contributed by atoms with Gasteiger partial charge in [0.25, 0.3) is 0 Å². The largest absolute Gasteiger partial charge is 0.466 e. The molecule has 0 rings (SSSR count). The lowest BCUT2D eigenvalue weighted by molar-refractivity contribution is -0.145. The number of hydrogen-bond donors (Lipinski definition) is 1. The molecule has 0 saturated heterocycles. The first-order valence-electron chi connectivity index (χ1n) is 8.06. The van der Waals surface area contributed by atoms with Crippen molar-refractivity contribution in [2.24, 2.45) is 5.92 Å². The van der Waals surface area contributed by atoms with E-state index in [1.165, 1.54) is 0 Å². The van der Waals surface area contributed by atoms with Crippen LogP contribution in [0, 0.1) is 5.92 Å². The summed E-state index contributed by atoms with van der Waals surface area (Å²) in [7, 11) is -1.98. The fraction of sp³-hybridized carbons (Fsp3) is 0.824. The Morgan fingerprint density at radius 3 is 2.27 bits per heavy atom. The Morgan fingerprint density at radius 1 is 1.32 bits per heavy atom. The van der Waals surface area contributed by atoms with Gasteiger partial charge in [0.15, 0.2) is 8.32 Å². The summed E-state index contributed by atoms with van der Waals surface area (Å²) in [6, 6.07) is 0. The first kappa shape index (κ1) is 21.3. The highest BCUT2D eigenvalue weighted by Crippen LogP contribution is 2.38. The number of hydrogen-bond acceptors (Lipinski definition) is 4. The number of carbonyl (C=O) groups excluding carboxylic acids is 1. The number of aliphatic hydroxyl groups is 1. The van der Waals surface area contributed by atoms with Gasteiger partial charge in [-0.2, -0.15) is 0 Å². The summed E-state index contributed by atoms with van der Waals surface area (Å²) in [5.41, 5.74) is 0.889. The predicted molar refractivity (Wildman–Crippen MR) is 93.3 cm³/mol. The van der Waals surface area contributed by atoms with E-state index in [0.29, 0.717) is 6.61 Å². The van der Waals surface area contributed by atoms with Crippen LogP contribution in [0.5, 0.6) is 0 Å². The van der Waals surface area contributed by atoms with Gasteiger partial charge in [-0.15, -0.1) is 0 Å². The van der Waals surface area contributed by atoms with Gasteiger partial charge in [-0.1, -0.05) is 39.3 Å². The molecule has 22 heavy (non-hydrogen) atoms. The topological polar surface area (TPSA) is 55.8 Å². The Bertz CT molecular complexity index is 383. The summed E-state index contributed by atoms with van der Waals surface area (Å²) >= 11 is 0. The van der Waals surface area contributed by atoms with E-state index in [0.717, 1.165) is 5.57 Å². The lowest BCUT2D eigenvalue weighted by atomic mass is 9.99. The molecule has 5 heteroatoms. The summed E-state index contributed by atoms with van der Waals surface area (Å²) in [5.74, 6) is -0.182. The molecule has 0 unspecified atom stereocenters. The van der Waals surface area contributed by atoms with E-state index < -0.39 is 8.32 Å². The number of carbonyl (C=O) groups is 1. The van der Waals surface area contributed by atoms with Gasteiger partial charge in [0.1, 0.15) is 0 Å². The Hall–Kier alpha value is -0.653. The van der Waals surface area contributed by atoms with Gasteiger partial charge in [-0.3, -0.25) is 4.79 Å². The Labute approximate surface area is 137 Å². The fourth-order valence-corrected chi connectivity index (χ4v) is 3.29. The maximum Gasteiger partial charge on any atom is 0.308 e. The average molecular weight is 331 g/mol. The molecule has 0 amide bonds. The summed E-state index contributed by atoms with van der Waals surface area (Å²) < 4.78 is 11.5. The monoisotopic (exact) mass is 330 g/mol. The van der Waals surface area contributed by atoms with Crippen molar-refractivity contribution in [2.75, 3.05) is 13.2 Å². The van der Waals surface area contributed by atoms with Crippen LogP contribution in [-0.2, 0) is 14.0 Å². The molecule has 0 saturated carbocycles. The molecule has 0 aliphatic carbocycles. The van der Waals surface area contributed by atoms with Crippen molar-refractivity contribution in [3.05, 3.63) is 11.6 Å². The highest BCUT2D eigenvalue weighted by molar-refractivity contribution is 6.74. The molecule has 4 nitrogen and oxygen atoms in total. The van der Waals surface area contributed by atoms with E-state index in [4.69, 9.17) is 9.16 Å². The Kier molecular flexibility index (Phi) is 8.58. The van der Waals surface area contributed by atoms with Gasteiger partial charge < -0.3 is 14.3 Å². The zero-order valence-electron chi connectivity index (χ0n) is 15.5. The molecule has 0 aliphatic heterocycles. The molecule has 0 radical (unpaired) electrons. The summed E-state index contributed by atoms with van der Waals surface area (Å²) in [6.07, 6.45) is 2.01. The third-order valence-electron chi connectivity index (χ3n) is 4.31. The van der Waals surface area contributed by atoms with Crippen LogP contribution in [0.3, 0.4) is 0 Å². The van der Waals surface area contributed by atoms with E-state index in [2.05, 4.69) is 33.9 Å². The molecule has 0 spiro atoms. The third kappa shape index (κ3) is 7.07. The molecular weight excluding hydrogens is 296 g/mol. The molecule has 0 fully saturated rings. The predicted octanol–water partition coefficient (Wildman–Crippen LogP) is 3.90. The van der Waals surface area contributed by atoms with Crippen LogP contribution in [0.2, 0.25) is 18.1 Å². The molecule has 0 aromatic rings. The second-order valence-corrected chi connectivity index (χ2v) is 12.2. The maximum absolute atomic E-state index is 11.9. The maximum atomic E-state index is 11.9. The van der Waals surface area contributed by atoms with Crippen molar-refractivity contribution >= 4 is 14.3 Å². The van der Waals surface area contributed by atoms with E-state index in [1.807, 2.05) is 19.9 Å². The van der Waals surface area contributed by atoms with Gasteiger partial charge in [-0.05, 0) is 37.9 Å².